The summed E-state index contributed by atoms with van der Waals surface area (Å²) in [5.74, 6) is -0.0602. The predicted octanol–water partition coefficient (Wildman–Crippen LogP) is 3.81. The van der Waals surface area contributed by atoms with E-state index >= 15 is 0 Å². The molecule has 1 aromatic heterocycles. The maximum absolute atomic E-state index is 12.6. The van der Waals surface area contributed by atoms with Gasteiger partial charge in [0, 0.05) is 32.9 Å². The summed E-state index contributed by atoms with van der Waals surface area (Å²) in [7, 11) is 0. The van der Waals surface area contributed by atoms with Gasteiger partial charge in [-0.2, -0.15) is 0 Å². The average molecular weight is 327 g/mol. The number of hydrogen-bond donors (Lipinski definition) is 1. The van der Waals surface area contributed by atoms with E-state index in [0.717, 1.165) is 9.86 Å². The molecule has 98 valence electrons. The molecule has 0 atom stereocenters. The molecule has 0 saturated carbocycles. The van der Waals surface area contributed by atoms with Gasteiger partial charge in [0.1, 0.15) is 0 Å². The molecule has 0 spiro atoms. The van der Waals surface area contributed by atoms with Crippen LogP contribution in [0.1, 0.15) is 15.9 Å². The first-order valence-corrected chi connectivity index (χ1v) is 6.89. The SMILES string of the molecule is Nc1ccc(C(=O)c2cccc3cccnc23)cc1Br. The summed E-state index contributed by atoms with van der Waals surface area (Å²) >= 11 is 3.34. The molecule has 0 amide bonds. The molecule has 0 aliphatic heterocycles. The Hall–Kier alpha value is -2.20. The number of nitrogens with zero attached hydrogens (tertiary/aromatic N) is 1. The van der Waals surface area contributed by atoms with Crippen LogP contribution in [-0.4, -0.2) is 10.8 Å². The molecule has 0 radical (unpaired) electrons. The average Bonchev–Trinajstić information content (AvgIpc) is 2.49. The second-order valence-corrected chi connectivity index (χ2v) is 5.30. The van der Waals surface area contributed by atoms with Crippen LogP contribution in [-0.2, 0) is 0 Å². The Morgan fingerprint density at radius 2 is 1.90 bits per heavy atom. The molecule has 0 aliphatic rings. The molecule has 2 aromatic carbocycles. The topological polar surface area (TPSA) is 56.0 Å². The number of hydrogen-bond acceptors (Lipinski definition) is 3. The molecule has 1 heterocycles. The number of nitrogens with two attached hydrogens (primary N) is 1. The normalized spacial score (nSPS) is 10.7. The number of aromatic nitrogens is 1. The summed E-state index contributed by atoms with van der Waals surface area (Å²) in [4.78, 5) is 16.9. The van der Waals surface area contributed by atoms with Gasteiger partial charge in [0.2, 0.25) is 0 Å². The van der Waals surface area contributed by atoms with Crippen molar-refractivity contribution in [3.8, 4) is 0 Å². The number of carbonyl (C=O) groups excluding carboxylic acids is 1. The van der Waals surface area contributed by atoms with Crippen molar-refractivity contribution >= 4 is 38.3 Å². The lowest BCUT2D eigenvalue weighted by Gasteiger charge is -2.06. The van der Waals surface area contributed by atoms with Crippen molar-refractivity contribution in [1.29, 1.82) is 0 Å². The standard InChI is InChI=1S/C16H11BrN2O/c17-13-9-11(6-7-14(13)18)16(20)12-5-1-3-10-4-2-8-19-15(10)12/h1-9H,18H2. The first-order chi connectivity index (χ1) is 9.66. The number of rotatable bonds is 2. The molecule has 0 fully saturated rings. The molecule has 4 heteroatoms. The number of anilines is 1. The number of benzene rings is 2. The Morgan fingerprint density at radius 1 is 1.10 bits per heavy atom. The van der Waals surface area contributed by atoms with E-state index in [0.29, 0.717) is 22.3 Å². The Labute approximate surface area is 124 Å². The lowest BCUT2D eigenvalue weighted by Crippen LogP contribution is -2.03. The van der Waals surface area contributed by atoms with Crippen molar-refractivity contribution in [2.75, 3.05) is 5.73 Å². The number of fused-ring (bicyclic) bond motifs is 1. The van der Waals surface area contributed by atoms with Crippen molar-refractivity contribution < 1.29 is 4.79 Å². The molecule has 20 heavy (non-hydrogen) atoms. The monoisotopic (exact) mass is 326 g/mol. The zero-order valence-electron chi connectivity index (χ0n) is 10.5. The largest absolute Gasteiger partial charge is 0.398 e. The fourth-order valence-corrected chi connectivity index (χ4v) is 2.49. The van der Waals surface area contributed by atoms with Gasteiger partial charge in [-0.1, -0.05) is 18.2 Å². The molecule has 2 N–H and O–H groups in total. The first kappa shape index (κ1) is 12.8. The second-order valence-electron chi connectivity index (χ2n) is 4.45. The number of carbonyl (C=O) groups is 1. The molecule has 0 saturated heterocycles. The number of ketones is 1. The van der Waals surface area contributed by atoms with E-state index in [2.05, 4.69) is 20.9 Å². The van der Waals surface area contributed by atoms with Gasteiger partial charge in [0.15, 0.2) is 5.78 Å². The van der Waals surface area contributed by atoms with Crippen LogP contribution >= 0.6 is 15.9 Å². The lowest BCUT2D eigenvalue weighted by molar-refractivity contribution is 0.104. The van der Waals surface area contributed by atoms with Crippen LogP contribution in [0.25, 0.3) is 10.9 Å². The second kappa shape index (κ2) is 5.06. The van der Waals surface area contributed by atoms with Crippen molar-refractivity contribution in [1.82, 2.24) is 4.98 Å². The third-order valence-corrected chi connectivity index (χ3v) is 3.83. The van der Waals surface area contributed by atoms with Gasteiger partial charge < -0.3 is 5.73 Å². The number of pyridine rings is 1. The van der Waals surface area contributed by atoms with Gasteiger partial charge in [-0.05, 0) is 46.3 Å². The van der Waals surface area contributed by atoms with E-state index < -0.39 is 0 Å². The summed E-state index contributed by atoms with van der Waals surface area (Å²) in [6.07, 6.45) is 1.69. The van der Waals surface area contributed by atoms with E-state index in [1.165, 1.54) is 0 Å². The van der Waals surface area contributed by atoms with Crippen molar-refractivity contribution in [3.63, 3.8) is 0 Å². The summed E-state index contributed by atoms with van der Waals surface area (Å²) < 4.78 is 0.719. The highest BCUT2D eigenvalue weighted by molar-refractivity contribution is 9.10. The van der Waals surface area contributed by atoms with Crippen molar-refractivity contribution in [2.45, 2.75) is 0 Å². The Balaban J connectivity index is 2.15. The van der Waals surface area contributed by atoms with Gasteiger partial charge in [-0.15, -0.1) is 0 Å². The van der Waals surface area contributed by atoms with Gasteiger partial charge in [0.05, 0.1) is 5.52 Å². The fraction of sp³-hybridized carbons (Fsp3) is 0. The molecular weight excluding hydrogens is 316 g/mol. The number of halogens is 1. The Morgan fingerprint density at radius 3 is 2.70 bits per heavy atom. The highest BCUT2D eigenvalue weighted by atomic mass is 79.9. The molecule has 0 bridgehead atoms. The van der Waals surface area contributed by atoms with E-state index in [1.807, 2.05) is 24.3 Å². The lowest BCUT2D eigenvalue weighted by atomic mass is 10.0. The van der Waals surface area contributed by atoms with Crippen molar-refractivity contribution in [3.05, 3.63) is 70.3 Å². The molecule has 0 aliphatic carbocycles. The molecule has 3 nitrogen and oxygen atoms in total. The Kier molecular flexibility index (Phi) is 3.24. The maximum Gasteiger partial charge on any atom is 0.195 e. The third-order valence-electron chi connectivity index (χ3n) is 3.14. The van der Waals surface area contributed by atoms with Gasteiger partial charge >= 0.3 is 0 Å². The molecule has 0 unspecified atom stereocenters. The van der Waals surface area contributed by atoms with Crippen molar-refractivity contribution in [2.24, 2.45) is 0 Å². The maximum atomic E-state index is 12.6. The van der Waals surface area contributed by atoms with Crippen LogP contribution in [0.4, 0.5) is 5.69 Å². The Bertz CT molecular complexity index is 809. The predicted molar refractivity (Wildman–Crippen MR) is 83.7 cm³/mol. The minimum atomic E-state index is -0.0602. The van der Waals surface area contributed by atoms with Crippen LogP contribution in [0, 0.1) is 0 Å². The van der Waals surface area contributed by atoms with Gasteiger partial charge in [-0.3, -0.25) is 9.78 Å². The summed E-state index contributed by atoms with van der Waals surface area (Å²) in [5.41, 5.74) is 8.26. The zero-order chi connectivity index (χ0) is 14.1. The van der Waals surface area contributed by atoms with E-state index in [1.54, 1.807) is 30.5 Å². The quantitative estimate of drug-likeness (QED) is 0.575. The van der Waals surface area contributed by atoms with Crippen LogP contribution in [0.3, 0.4) is 0 Å². The van der Waals surface area contributed by atoms with Gasteiger partial charge in [0.25, 0.3) is 0 Å². The summed E-state index contributed by atoms with van der Waals surface area (Å²) in [5, 5.41) is 0.952. The number of para-hydroxylation sites is 1. The molecule has 3 rings (SSSR count). The van der Waals surface area contributed by atoms with Crippen LogP contribution in [0.15, 0.2) is 59.2 Å². The highest BCUT2D eigenvalue weighted by Gasteiger charge is 2.14. The smallest absolute Gasteiger partial charge is 0.195 e. The van der Waals surface area contributed by atoms with Crippen LogP contribution < -0.4 is 5.73 Å². The van der Waals surface area contributed by atoms with Crippen LogP contribution in [0.5, 0.6) is 0 Å². The fourth-order valence-electron chi connectivity index (χ4n) is 2.11. The van der Waals surface area contributed by atoms with Crippen LogP contribution in [0.2, 0.25) is 0 Å². The molecule has 3 aromatic rings. The van der Waals surface area contributed by atoms with E-state index in [4.69, 9.17) is 5.73 Å². The zero-order valence-corrected chi connectivity index (χ0v) is 12.1. The molecular formula is C16H11BrN2O. The van der Waals surface area contributed by atoms with E-state index in [9.17, 15) is 4.79 Å². The first-order valence-electron chi connectivity index (χ1n) is 6.10. The third kappa shape index (κ3) is 2.18. The summed E-state index contributed by atoms with van der Waals surface area (Å²) in [6.45, 7) is 0. The summed E-state index contributed by atoms with van der Waals surface area (Å²) in [6, 6.07) is 14.6. The minimum absolute atomic E-state index is 0.0602. The van der Waals surface area contributed by atoms with Gasteiger partial charge in [-0.25, -0.2) is 0 Å². The van der Waals surface area contributed by atoms with E-state index in [-0.39, 0.29) is 5.78 Å². The number of nitrogen functional groups attached to an aromatic ring is 1. The highest BCUT2D eigenvalue weighted by Crippen LogP contribution is 2.24. The minimum Gasteiger partial charge on any atom is -0.398 e.